The number of nitrogens with zero attached hydrogens (tertiary/aromatic N) is 1. The molecule has 0 saturated carbocycles. The molecule has 1 aliphatic heterocycles. The predicted octanol–water partition coefficient (Wildman–Crippen LogP) is 6.68. The molecule has 0 N–H and O–H groups in total. The second kappa shape index (κ2) is 8.58. The summed E-state index contributed by atoms with van der Waals surface area (Å²) in [5.41, 5.74) is 4.27. The maximum atomic E-state index is 12.8. The third-order valence-corrected chi connectivity index (χ3v) is 6.01. The minimum absolute atomic E-state index is 0.559. The molecule has 0 fully saturated rings. The Bertz CT molecular complexity index is 879. The van der Waals surface area contributed by atoms with Crippen molar-refractivity contribution in [3.8, 4) is 0 Å². The van der Waals surface area contributed by atoms with Crippen LogP contribution in [0.2, 0.25) is 0 Å². The van der Waals surface area contributed by atoms with Crippen LogP contribution in [0.15, 0.2) is 66.7 Å². The van der Waals surface area contributed by atoms with E-state index >= 15 is 0 Å². The molecule has 0 unspecified atom stereocenters. The normalized spacial score (nSPS) is 20.9. The van der Waals surface area contributed by atoms with Gasteiger partial charge in [-0.3, -0.25) is 4.90 Å². The first-order chi connectivity index (χ1) is 14.0. The van der Waals surface area contributed by atoms with E-state index in [-0.39, 0.29) is 0 Å². The van der Waals surface area contributed by atoms with Crippen LogP contribution in [0.25, 0.3) is 11.1 Å². The van der Waals surface area contributed by atoms with Crippen molar-refractivity contribution in [3.63, 3.8) is 0 Å². The second-order valence-electron chi connectivity index (χ2n) is 8.06. The highest BCUT2D eigenvalue weighted by Crippen LogP contribution is 2.34. The topological polar surface area (TPSA) is 3.24 Å². The fourth-order valence-corrected chi connectivity index (χ4v) is 4.41. The van der Waals surface area contributed by atoms with Crippen molar-refractivity contribution in [3.05, 3.63) is 83.4 Å². The van der Waals surface area contributed by atoms with Gasteiger partial charge in [0.1, 0.15) is 0 Å². The molecule has 1 atom stereocenters. The van der Waals surface area contributed by atoms with Gasteiger partial charge < -0.3 is 0 Å². The minimum Gasteiger partial charge on any atom is -0.299 e. The van der Waals surface area contributed by atoms with E-state index in [1.807, 2.05) is 6.07 Å². The molecular formula is C25H26F3N. The fourth-order valence-electron chi connectivity index (χ4n) is 4.41. The van der Waals surface area contributed by atoms with E-state index in [1.165, 1.54) is 28.8 Å². The lowest BCUT2D eigenvalue weighted by molar-refractivity contribution is -0.137. The zero-order valence-corrected chi connectivity index (χ0v) is 16.5. The van der Waals surface area contributed by atoms with E-state index in [9.17, 15) is 13.2 Å². The Morgan fingerprint density at radius 3 is 2.24 bits per heavy atom. The van der Waals surface area contributed by atoms with Crippen LogP contribution in [0, 0.1) is 5.92 Å². The highest BCUT2D eigenvalue weighted by Gasteiger charge is 2.30. The standard InChI is InChI=1S/C25H26F3N/c26-25(27,28)24-11-9-21(10-12-24)23-8-4-5-19(17-23)18-29-15-13-22(14-16-29)20-6-2-1-3-7-20/h1-3,6-13,19H,4-5,14-18H2/t19-/m1/s1. The second-order valence-corrected chi connectivity index (χ2v) is 8.06. The summed E-state index contributed by atoms with van der Waals surface area (Å²) in [5, 5.41) is 0. The van der Waals surface area contributed by atoms with Gasteiger partial charge in [0, 0.05) is 19.6 Å². The Labute approximate surface area is 170 Å². The summed E-state index contributed by atoms with van der Waals surface area (Å²) in [6.07, 6.45) is 4.42. The SMILES string of the molecule is FC(F)(F)c1ccc(C2=CCC[C@@H](CN3CC=C(c4ccccc4)CC3)C2)cc1. The zero-order valence-electron chi connectivity index (χ0n) is 16.5. The number of benzene rings is 2. The first-order valence-corrected chi connectivity index (χ1v) is 10.3. The van der Waals surface area contributed by atoms with Crippen LogP contribution in [0.1, 0.15) is 42.4 Å². The molecule has 1 nitrogen and oxygen atoms in total. The molecule has 0 saturated heterocycles. The lowest BCUT2D eigenvalue weighted by atomic mass is 9.84. The number of hydrogen-bond donors (Lipinski definition) is 0. The summed E-state index contributed by atoms with van der Waals surface area (Å²) in [6.45, 7) is 3.09. The first kappa shape index (κ1) is 20.0. The summed E-state index contributed by atoms with van der Waals surface area (Å²) >= 11 is 0. The third kappa shape index (κ3) is 4.99. The summed E-state index contributed by atoms with van der Waals surface area (Å²) in [6, 6.07) is 16.2. The van der Waals surface area contributed by atoms with E-state index in [0.717, 1.165) is 50.9 Å². The van der Waals surface area contributed by atoms with Gasteiger partial charge in [-0.2, -0.15) is 13.2 Å². The number of hydrogen-bond acceptors (Lipinski definition) is 1. The number of allylic oxidation sites excluding steroid dienone is 2. The molecule has 2 aliphatic rings. The van der Waals surface area contributed by atoms with Crippen molar-refractivity contribution in [2.45, 2.75) is 31.9 Å². The van der Waals surface area contributed by atoms with Gasteiger partial charge in [0.2, 0.25) is 0 Å². The third-order valence-electron chi connectivity index (χ3n) is 6.01. The lowest BCUT2D eigenvalue weighted by Crippen LogP contribution is -2.33. The van der Waals surface area contributed by atoms with Gasteiger partial charge in [0.05, 0.1) is 5.56 Å². The molecule has 4 heteroatoms. The lowest BCUT2D eigenvalue weighted by Gasteiger charge is -2.32. The minimum atomic E-state index is -4.28. The van der Waals surface area contributed by atoms with Crippen molar-refractivity contribution < 1.29 is 13.2 Å². The van der Waals surface area contributed by atoms with Gasteiger partial charge >= 0.3 is 6.18 Å². The van der Waals surface area contributed by atoms with Gasteiger partial charge in [0.15, 0.2) is 0 Å². The van der Waals surface area contributed by atoms with Crippen molar-refractivity contribution >= 4 is 11.1 Å². The molecule has 29 heavy (non-hydrogen) atoms. The Morgan fingerprint density at radius 2 is 1.59 bits per heavy atom. The van der Waals surface area contributed by atoms with E-state index in [2.05, 4.69) is 41.3 Å². The Balaban J connectivity index is 1.35. The van der Waals surface area contributed by atoms with Gasteiger partial charge in [-0.1, -0.05) is 54.6 Å². The van der Waals surface area contributed by atoms with Crippen LogP contribution < -0.4 is 0 Å². The molecule has 0 radical (unpaired) electrons. The summed E-state index contributed by atoms with van der Waals surface area (Å²) in [5.74, 6) is 0.559. The van der Waals surface area contributed by atoms with Crippen molar-refractivity contribution in [2.75, 3.05) is 19.6 Å². The Kier molecular flexibility index (Phi) is 5.91. The fraction of sp³-hybridized carbons (Fsp3) is 0.360. The van der Waals surface area contributed by atoms with Crippen molar-refractivity contribution in [1.82, 2.24) is 4.90 Å². The summed E-state index contributed by atoms with van der Waals surface area (Å²) in [4.78, 5) is 2.51. The predicted molar refractivity (Wildman–Crippen MR) is 112 cm³/mol. The maximum Gasteiger partial charge on any atom is 0.416 e. The quantitative estimate of drug-likeness (QED) is 0.556. The maximum absolute atomic E-state index is 12.8. The zero-order chi connectivity index (χ0) is 20.3. The van der Waals surface area contributed by atoms with E-state index < -0.39 is 11.7 Å². The molecule has 0 bridgehead atoms. The van der Waals surface area contributed by atoms with Crippen LogP contribution in [0.4, 0.5) is 13.2 Å². The number of alkyl halides is 3. The average molecular weight is 397 g/mol. The molecule has 4 rings (SSSR count). The number of halogens is 3. The molecule has 2 aromatic carbocycles. The van der Waals surface area contributed by atoms with E-state index in [4.69, 9.17) is 0 Å². The molecule has 2 aromatic rings. The Morgan fingerprint density at radius 1 is 0.862 bits per heavy atom. The number of rotatable bonds is 4. The van der Waals surface area contributed by atoms with Gasteiger partial charge in [0.25, 0.3) is 0 Å². The highest BCUT2D eigenvalue weighted by molar-refractivity contribution is 5.67. The van der Waals surface area contributed by atoms with Crippen LogP contribution in [-0.2, 0) is 6.18 Å². The summed E-state index contributed by atoms with van der Waals surface area (Å²) < 4.78 is 38.4. The largest absolute Gasteiger partial charge is 0.416 e. The Hall–Kier alpha value is -2.33. The van der Waals surface area contributed by atoms with Gasteiger partial charge in [-0.25, -0.2) is 0 Å². The molecule has 152 valence electrons. The average Bonchev–Trinajstić information content (AvgIpc) is 2.75. The smallest absolute Gasteiger partial charge is 0.299 e. The van der Waals surface area contributed by atoms with Crippen LogP contribution in [0.3, 0.4) is 0 Å². The van der Waals surface area contributed by atoms with Crippen LogP contribution in [-0.4, -0.2) is 24.5 Å². The van der Waals surface area contributed by atoms with Gasteiger partial charge in [-0.05, 0) is 66.0 Å². The van der Waals surface area contributed by atoms with E-state index in [0.29, 0.717) is 5.92 Å². The monoisotopic (exact) mass is 397 g/mol. The first-order valence-electron chi connectivity index (χ1n) is 10.3. The highest BCUT2D eigenvalue weighted by atomic mass is 19.4. The van der Waals surface area contributed by atoms with Crippen molar-refractivity contribution in [2.24, 2.45) is 5.92 Å². The van der Waals surface area contributed by atoms with Gasteiger partial charge in [-0.15, -0.1) is 0 Å². The van der Waals surface area contributed by atoms with Crippen LogP contribution >= 0.6 is 0 Å². The van der Waals surface area contributed by atoms with Crippen molar-refractivity contribution in [1.29, 1.82) is 0 Å². The molecule has 1 heterocycles. The molecular weight excluding hydrogens is 371 g/mol. The van der Waals surface area contributed by atoms with Crippen LogP contribution in [0.5, 0.6) is 0 Å². The molecule has 0 amide bonds. The molecule has 0 spiro atoms. The van der Waals surface area contributed by atoms with E-state index in [1.54, 1.807) is 12.1 Å². The molecule has 0 aromatic heterocycles. The summed E-state index contributed by atoms with van der Waals surface area (Å²) in [7, 11) is 0. The molecule has 1 aliphatic carbocycles.